The predicted octanol–water partition coefficient (Wildman–Crippen LogP) is 2.66. The molecule has 138 valence electrons. The maximum atomic E-state index is 12.8. The van der Waals surface area contributed by atoms with Crippen LogP contribution in [0.2, 0.25) is 0 Å². The number of anilines is 1. The zero-order valence-corrected chi connectivity index (χ0v) is 15.8. The van der Waals surface area contributed by atoms with E-state index in [2.05, 4.69) is 19.2 Å². The molecule has 7 heteroatoms. The van der Waals surface area contributed by atoms with Gasteiger partial charge in [0.1, 0.15) is 5.78 Å². The van der Waals surface area contributed by atoms with Crippen LogP contribution in [0.15, 0.2) is 29.2 Å². The summed E-state index contributed by atoms with van der Waals surface area (Å²) in [5.74, 6) is 0.391. The van der Waals surface area contributed by atoms with Crippen molar-refractivity contribution in [2.45, 2.75) is 44.9 Å². The molecule has 1 fully saturated rings. The molecule has 1 N–H and O–H groups in total. The topological polar surface area (TPSA) is 83.5 Å². The van der Waals surface area contributed by atoms with Gasteiger partial charge in [-0.1, -0.05) is 13.8 Å². The molecule has 0 aromatic heterocycles. The Morgan fingerprint density at radius 2 is 1.64 bits per heavy atom. The van der Waals surface area contributed by atoms with Crippen LogP contribution in [0.25, 0.3) is 0 Å². The van der Waals surface area contributed by atoms with Gasteiger partial charge in [-0.25, -0.2) is 8.42 Å². The van der Waals surface area contributed by atoms with Crippen LogP contribution in [0.3, 0.4) is 0 Å². The number of amides is 1. The highest BCUT2D eigenvalue weighted by Gasteiger charge is 2.31. The number of nitrogens with one attached hydrogen (secondary N) is 1. The number of sulfonamides is 1. The van der Waals surface area contributed by atoms with Crippen molar-refractivity contribution in [2.24, 2.45) is 11.8 Å². The van der Waals surface area contributed by atoms with E-state index in [0.717, 1.165) is 6.42 Å². The summed E-state index contributed by atoms with van der Waals surface area (Å²) in [7, 11) is -3.52. The molecule has 0 bridgehead atoms. The third-order valence-electron chi connectivity index (χ3n) is 4.32. The Bertz CT molecular complexity index is 718. The highest BCUT2D eigenvalue weighted by Crippen LogP contribution is 2.27. The van der Waals surface area contributed by atoms with Crippen LogP contribution in [0.4, 0.5) is 5.69 Å². The maximum absolute atomic E-state index is 12.8. The number of carbonyl (C=O) groups is 2. The zero-order valence-electron chi connectivity index (χ0n) is 15.0. The van der Waals surface area contributed by atoms with E-state index >= 15 is 0 Å². The van der Waals surface area contributed by atoms with Crippen molar-refractivity contribution in [3.8, 4) is 0 Å². The predicted molar refractivity (Wildman–Crippen MR) is 96.7 cm³/mol. The largest absolute Gasteiger partial charge is 0.326 e. The van der Waals surface area contributed by atoms with Gasteiger partial charge in [0.05, 0.1) is 4.90 Å². The van der Waals surface area contributed by atoms with E-state index in [9.17, 15) is 18.0 Å². The number of ketones is 1. The van der Waals surface area contributed by atoms with E-state index in [1.165, 1.54) is 19.1 Å². The number of nitrogens with zero attached hydrogens (tertiary/aromatic N) is 1. The second-order valence-corrected chi connectivity index (χ2v) is 8.98. The highest BCUT2D eigenvalue weighted by atomic mass is 32.2. The van der Waals surface area contributed by atoms with E-state index in [1.54, 1.807) is 16.4 Å². The van der Waals surface area contributed by atoms with Gasteiger partial charge in [0.25, 0.3) is 0 Å². The molecular formula is C18H26N2O4S. The molecule has 1 saturated heterocycles. The Kier molecular flexibility index (Phi) is 6.35. The quantitative estimate of drug-likeness (QED) is 0.839. The lowest BCUT2D eigenvalue weighted by Gasteiger charge is -2.34. The normalized spacial score (nSPS) is 21.7. The molecular weight excluding hydrogens is 340 g/mol. The minimum Gasteiger partial charge on any atom is -0.326 e. The fourth-order valence-electron chi connectivity index (χ4n) is 3.17. The number of hydrogen-bond acceptors (Lipinski definition) is 4. The Morgan fingerprint density at radius 1 is 1.08 bits per heavy atom. The van der Waals surface area contributed by atoms with Crippen molar-refractivity contribution in [3.63, 3.8) is 0 Å². The van der Waals surface area contributed by atoms with Gasteiger partial charge in [-0.15, -0.1) is 0 Å². The summed E-state index contributed by atoms with van der Waals surface area (Å²) in [6.45, 7) is 6.65. The Balaban J connectivity index is 2.05. The van der Waals surface area contributed by atoms with Crippen LogP contribution >= 0.6 is 0 Å². The lowest BCUT2D eigenvalue weighted by atomic mass is 9.94. The van der Waals surface area contributed by atoms with E-state index in [0.29, 0.717) is 30.6 Å². The average molecular weight is 366 g/mol. The van der Waals surface area contributed by atoms with Crippen LogP contribution in [-0.2, 0) is 19.6 Å². The fourth-order valence-corrected chi connectivity index (χ4v) is 4.85. The van der Waals surface area contributed by atoms with Crippen molar-refractivity contribution in [2.75, 3.05) is 18.4 Å². The molecule has 6 nitrogen and oxygen atoms in total. The molecule has 0 unspecified atom stereocenters. The lowest BCUT2D eigenvalue weighted by Crippen LogP contribution is -2.42. The van der Waals surface area contributed by atoms with E-state index in [-0.39, 0.29) is 29.4 Å². The molecule has 1 aliphatic rings. The lowest BCUT2D eigenvalue weighted by molar-refractivity contribution is -0.121. The van der Waals surface area contributed by atoms with E-state index in [4.69, 9.17) is 0 Å². The van der Waals surface area contributed by atoms with Crippen LogP contribution in [0.5, 0.6) is 0 Å². The summed E-state index contributed by atoms with van der Waals surface area (Å²) in [5.41, 5.74) is 0.521. The standard InChI is InChI=1S/C18H26N2O4S/c1-13-10-14(2)12-20(11-13)25(23,24)17-7-5-16(6-8-17)19-18(22)9-4-15(3)21/h5-8,13-14H,4,9-12H2,1-3H3,(H,19,22)/t13-,14-/m0/s1. The maximum Gasteiger partial charge on any atom is 0.243 e. The molecule has 0 aliphatic carbocycles. The van der Waals surface area contributed by atoms with Crippen LogP contribution in [0.1, 0.15) is 40.0 Å². The smallest absolute Gasteiger partial charge is 0.243 e. The van der Waals surface area contributed by atoms with Crippen LogP contribution in [-0.4, -0.2) is 37.5 Å². The van der Waals surface area contributed by atoms with Gasteiger partial charge in [0, 0.05) is 31.6 Å². The Labute approximate surface area is 149 Å². The number of piperidine rings is 1. The summed E-state index contributed by atoms with van der Waals surface area (Å²) in [6.07, 6.45) is 1.36. The SMILES string of the molecule is CC(=O)CCC(=O)Nc1ccc(S(=O)(=O)N2C[C@@H](C)C[C@H](C)C2)cc1. The molecule has 0 saturated carbocycles. The van der Waals surface area contributed by atoms with E-state index in [1.807, 2.05) is 0 Å². The molecule has 1 amide bonds. The number of Topliss-reactive ketones (excluding diaryl/α,β-unsaturated/α-hetero) is 1. The summed E-state index contributed by atoms with van der Waals surface area (Å²) in [6, 6.07) is 6.18. The Morgan fingerprint density at radius 3 is 2.16 bits per heavy atom. The first-order chi connectivity index (χ1) is 11.7. The van der Waals surface area contributed by atoms with Gasteiger partial charge in [0.2, 0.25) is 15.9 Å². The number of hydrogen-bond donors (Lipinski definition) is 1. The molecule has 0 radical (unpaired) electrons. The minimum absolute atomic E-state index is 0.0402. The molecule has 2 atom stereocenters. The van der Waals surface area contributed by atoms with Gasteiger partial charge in [-0.3, -0.25) is 4.79 Å². The van der Waals surface area contributed by atoms with Gasteiger partial charge >= 0.3 is 0 Å². The molecule has 2 rings (SSSR count). The molecule has 1 aliphatic heterocycles. The second-order valence-electron chi connectivity index (χ2n) is 7.04. The molecule has 1 aromatic carbocycles. The molecule has 1 heterocycles. The number of rotatable bonds is 6. The first-order valence-electron chi connectivity index (χ1n) is 8.58. The van der Waals surface area contributed by atoms with Gasteiger partial charge in [0.15, 0.2) is 0 Å². The third-order valence-corrected chi connectivity index (χ3v) is 6.16. The van der Waals surface area contributed by atoms with Crippen molar-refractivity contribution in [3.05, 3.63) is 24.3 Å². The van der Waals surface area contributed by atoms with Crippen molar-refractivity contribution < 1.29 is 18.0 Å². The zero-order chi connectivity index (χ0) is 18.6. The number of benzene rings is 1. The van der Waals surface area contributed by atoms with Crippen LogP contribution in [0, 0.1) is 11.8 Å². The highest BCUT2D eigenvalue weighted by molar-refractivity contribution is 7.89. The third kappa shape index (κ3) is 5.37. The molecule has 25 heavy (non-hydrogen) atoms. The van der Waals surface area contributed by atoms with E-state index < -0.39 is 10.0 Å². The molecule has 0 spiro atoms. The minimum atomic E-state index is -3.52. The summed E-state index contributed by atoms with van der Waals surface area (Å²) in [4.78, 5) is 22.9. The summed E-state index contributed by atoms with van der Waals surface area (Å²) < 4.78 is 27.1. The monoisotopic (exact) mass is 366 g/mol. The summed E-state index contributed by atoms with van der Waals surface area (Å²) in [5, 5.41) is 2.67. The van der Waals surface area contributed by atoms with Gasteiger partial charge < -0.3 is 10.1 Å². The van der Waals surface area contributed by atoms with Gasteiger partial charge in [-0.2, -0.15) is 4.31 Å². The first kappa shape index (κ1) is 19.6. The fraction of sp³-hybridized carbons (Fsp3) is 0.556. The molecule has 1 aromatic rings. The van der Waals surface area contributed by atoms with Gasteiger partial charge in [-0.05, 0) is 49.4 Å². The van der Waals surface area contributed by atoms with Crippen molar-refractivity contribution in [1.82, 2.24) is 4.31 Å². The number of carbonyl (C=O) groups excluding carboxylic acids is 2. The van der Waals surface area contributed by atoms with Crippen LogP contribution < -0.4 is 5.32 Å². The summed E-state index contributed by atoms with van der Waals surface area (Å²) >= 11 is 0. The Hall–Kier alpha value is -1.73. The first-order valence-corrected chi connectivity index (χ1v) is 10.0. The van der Waals surface area contributed by atoms with Crippen molar-refractivity contribution >= 4 is 27.4 Å². The van der Waals surface area contributed by atoms with Crippen molar-refractivity contribution in [1.29, 1.82) is 0 Å². The average Bonchev–Trinajstić information content (AvgIpc) is 2.52. The second kappa shape index (κ2) is 8.10.